The van der Waals surface area contributed by atoms with E-state index in [4.69, 9.17) is 10.5 Å². The van der Waals surface area contributed by atoms with Crippen molar-refractivity contribution >= 4 is 0 Å². The van der Waals surface area contributed by atoms with E-state index in [1.807, 2.05) is 0 Å². The molecule has 0 aromatic rings. The fraction of sp³-hybridized carbons (Fsp3) is 1.00. The van der Waals surface area contributed by atoms with Gasteiger partial charge in [0, 0.05) is 25.2 Å². The van der Waals surface area contributed by atoms with Gasteiger partial charge in [-0.1, -0.05) is 0 Å². The molecule has 2 N–H and O–H groups in total. The van der Waals surface area contributed by atoms with Crippen molar-refractivity contribution in [2.45, 2.75) is 58.2 Å². The average molecular weight is 283 g/mol. The molecular formula is C16H33N3O. The maximum atomic E-state index is 6.28. The summed E-state index contributed by atoms with van der Waals surface area (Å²) in [6.45, 7) is 15.3. The smallest absolute Gasteiger partial charge is 0.0629 e. The van der Waals surface area contributed by atoms with Crippen molar-refractivity contribution in [3.05, 3.63) is 0 Å². The zero-order valence-corrected chi connectivity index (χ0v) is 13.8. The monoisotopic (exact) mass is 283 g/mol. The summed E-state index contributed by atoms with van der Waals surface area (Å²) >= 11 is 0. The molecule has 2 fully saturated rings. The van der Waals surface area contributed by atoms with Gasteiger partial charge in [-0.15, -0.1) is 0 Å². The summed E-state index contributed by atoms with van der Waals surface area (Å²) in [6.07, 6.45) is 3.89. The van der Waals surface area contributed by atoms with Crippen molar-refractivity contribution < 1.29 is 4.74 Å². The van der Waals surface area contributed by atoms with Crippen LogP contribution in [0.15, 0.2) is 0 Å². The van der Waals surface area contributed by atoms with Gasteiger partial charge in [0.15, 0.2) is 0 Å². The number of hydrogen-bond acceptors (Lipinski definition) is 4. The Kier molecular flexibility index (Phi) is 5.11. The van der Waals surface area contributed by atoms with E-state index in [0.717, 1.165) is 45.3 Å². The highest BCUT2D eigenvalue weighted by Gasteiger charge is 2.34. The standard InChI is InChI=1S/C16H33N3O/c1-15(2,18-8-10-20-11-9-18)12-14-6-5-7-19(13-14)16(3,4)17/h14H,5-13,17H2,1-4H3. The van der Waals surface area contributed by atoms with Gasteiger partial charge in [0.25, 0.3) is 0 Å². The van der Waals surface area contributed by atoms with Gasteiger partial charge in [0.1, 0.15) is 0 Å². The summed E-state index contributed by atoms with van der Waals surface area (Å²) in [5.74, 6) is 0.768. The summed E-state index contributed by atoms with van der Waals surface area (Å²) in [6, 6.07) is 0. The molecule has 2 aliphatic rings. The number of hydrogen-bond donors (Lipinski definition) is 1. The number of likely N-dealkylation sites (tertiary alicyclic amines) is 1. The van der Waals surface area contributed by atoms with Crippen LogP contribution in [0.25, 0.3) is 0 Å². The Hall–Kier alpha value is -0.160. The lowest BCUT2D eigenvalue weighted by molar-refractivity contribution is -0.0261. The molecular weight excluding hydrogens is 250 g/mol. The van der Waals surface area contributed by atoms with Gasteiger partial charge in [-0.3, -0.25) is 9.80 Å². The molecule has 20 heavy (non-hydrogen) atoms. The summed E-state index contributed by atoms with van der Waals surface area (Å²) < 4.78 is 5.48. The summed E-state index contributed by atoms with van der Waals surface area (Å²) in [5.41, 5.74) is 6.37. The van der Waals surface area contributed by atoms with E-state index in [2.05, 4.69) is 37.5 Å². The Bertz CT molecular complexity index is 305. The van der Waals surface area contributed by atoms with Crippen molar-refractivity contribution in [3.8, 4) is 0 Å². The summed E-state index contributed by atoms with van der Waals surface area (Å²) in [7, 11) is 0. The van der Waals surface area contributed by atoms with E-state index in [9.17, 15) is 0 Å². The fourth-order valence-electron chi connectivity index (χ4n) is 3.76. The minimum atomic E-state index is -0.179. The predicted molar refractivity (Wildman–Crippen MR) is 83.7 cm³/mol. The third-order valence-corrected chi connectivity index (χ3v) is 4.99. The number of nitrogens with two attached hydrogens (primary N) is 1. The lowest BCUT2D eigenvalue weighted by atomic mass is 9.83. The molecule has 2 saturated heterocycles. The molecule has 2 rings (SSSR count). The Morgan fingerprint density at radius 1 is 1.05 bits per heavy atom. The molecule has 0 radical (unpaired) electrons. The zero-order valence-electron chi connectivity index (χ0n) is 13.8. The second kappa shape index (κ2) is 6.30. The van der Waals surface area contributed by atoms with Gasteiger partial charge in [0.2, 0.25) is 0 Å². The maximum Gasteiger partial charge on any atom is 0.0629 e. The molecule has 0 aliphatic carbocycles. The summed E-state index contributed by atoms with van der Waals surface area (Å²) in [4.78, 5) is 5.06. The van der Waals surface area contributed by atoms with Crippen LogP contribution >= 0.6 is 0 Å². The van der Waals surface area contributed by atoms with E-state index in [0.29, 0.717) is 0 Å². The Morgan fingerprint density at radius 3 is 2.30 bits per heavy atom. The van der Waals surface area contributed by atoms with Crippen molar-refractivity contribution in [2.75, 3.05) is 39.4 Å². The number of nitrogens with zero attached hydrogens (tertiary/aromatic N) is 2. The molecule has 0 aromatic heterocycles. The van der Waals surface area contributed by atoms with Gasteiger partial charge >= 0.3 is 0 Å². The second-order valence-corrected chi connectivity index (χ2v) is 7.72. The number of piperidine rings is 1. The quantitative estimate of drug-likeness (QED) is 0.855. The van der Waals surface area contributed by atoms with Crippen molar-refractivity contribution in [1.29, 1.82) is 0 Å². The highest BCUT2D eigenvalue weighted by atomic mass is 16.5. The highest BCUT2D eigenvalue weighted by Crippen LogP contribution is 2.31. The first-order valence-electron chi connectivity index (χ1n) is 8.16. The lowest BCUT2D eigenvalue weighted by Crippen LogP contribution is -2.56. The Morgan fingerprint density at radius 2 is 1.70 bits per heavy atom. The van der Waals surface area contributed by atoms with Gasteiger partial charge in [-0.05, 0) is 59.4 Å². The molecule has 118 valence electrons. The van der Waals surface area contributed by atoms with Crippen molar-refractivity contribution in [1.82, 2.24) is 9.80 Å². The molecule has 0 bridgehead atoms. The first kappa shape index (κ1) is 16.2. The predicted octanol–water partition coefficient (Wildman–Crippen LogP) is 1.89. The molecule has 4 nitrogen and oxygen atoms in total. The fourth-order valence-corrected chi connectivity index (χ4v) is 3.76. The van der Waals surface area contributed by atoms with Gasteiger partial charge in [-0.25, -0.2) is 0 Å². The van der Waals surface area contributed by atoms with Crippen LogP contribution < -0.4 is 5.73 Å². The van der Waals surface area contributed by atoms with Crippen LogP contribution in [0.1, 0.15) is 47.0 Å². The number of ether oxygens (including phenoxy) is 1. The van der Waals surface area contributed by atoms with Crippen molar-refractivity contribution in [3.63, 3.8) is 0 Å². The first-order chi connectivity index (χ1) is 9.29. The third-order valence-electron chi connectivity index (χ3n) is 4.99. The Labute approximate surface area is 124 Å². The summed E-state index contributed by atoms with van der Waals surface area (Å²) in [5, 5.41) is 0. The van der Waals surface area contributed by atoms with Gasteiger partial charge in [0.05, 0.1) is 18.9 Å². The van der Waals surface area contributed by atoms with E-state index < -0.39 is 0 Å². The molecule has 4 heteroatoms. The van der Waals surface area contributed by atoms with Gasteiger partial charge < -0.3 is 10.5 Å². The third kappa shape index (κ3) is 4.17. The van der Waals surface area contributed by atoms with E-state index in [1.165, 1.54) is 19.3 Å². The minimum Gasteiger partial charge on any atom is -0.379 e. The van der Waals surface area contributed by atoms with Crippen LogP contribution in [0.4, 0.5) is 0 Å². The maximum absolute atomic E-state index is 6.28. The molecule has 1 atom stereocenters. The zero-order chi connectivity index (χ0) is 14.8. The second-order valence-electron chi connectivity index (χ2n) is 7.72. The van der Waals surface area contributed by atoms with Crippen LogP contribution in [0.5, 0.6) is 0 Å². The average Bonchev–Trinajstić information content (AvgIpc) is 2.38. The molecule has 0 amide bonds. The SMILES string of the molecule is CC(C)(N)N1CCCC(CC(C)(C)N2CCOCC2)C1. The van der Waals surface area contributed by atoms with Crippen LogP contribution in [-0.4, -0.2) is 60.4 Å². The lowest BCUT2D eigenvalue weighted by Gasteiger charge is -2.46. The molecule has 0 saturated carbocycles. The van der Waals surface area contributed by atoms with E-state index in [1.54, 1.807) is 0 Å². The van der Waals surface area contributed by atoms with Crippen LogP contribution in [0, 0.1) is 5.92 Å². The largest absolute Gasteiger partial charge is 0.379 e. The number of rotatable bonds is 4. The minimum absolute atomic E-state index is 0.179. The van der Waals surface area contributed by atoms with E-state index in [-0.39, 0.29) is 11.2 Å². The van der Waals surface area contributed by atoms with E-state index >= 15 is 0 Å². The molecule has 2 aliphatic heterocycles. The van der Waals surface area contributed by atoms with Gasteiger partial charge in [-0.2, -0.15) is 0 Å². The normalized spacial score (nSPS) is 27.8. The first-order valence-corrected chi connectivity index (χ1v) is 8.16. The van der Waals surface area contributed by atoms with Crippen molar-refractivity contribution in [2.24, 2.45) is 11.7 Å². The number of morpholine rings is 1. The van der Waals surface area contributed by atoms with Crippen LogP contribution in [0.3, 0.4) is 0 Å². The molecule has 1 unspecified atom stereocenters. The van der Waals surface area contributed by atoms with Crippen LogP contribution in [0.2, 0.25) is 0 Å². The molecule has 0 aromatic carbocycles. The molecule has 2 heterocycles. The topological polar surface area (TPSA) is 41.7 Å². The molecule has 0 spiro atoms. The van der Waals surface area contributed by atoms with Crippen LogP contribution in [-0.2, 0) is 4.74 Å². The highest BCUT2D eigenvalue weighted by molar-refractivity contribution is 4.89. The Balaban J connectivity index is 1.91.